The molecular weight excluding hydrogens is 428 g/mol. The molecule has 4 aromatic rings. The molecular formula is C23H20N4O2S2. The fraction of sp³-hybridized carbons (Fsp3) is 0.174. The second-order valence-corrected chi connectivity index (χ2v) is 9.19. The summed E-state index contributed by atoms with van der Waals surface area (Å²) in [5, 5.41) is 6.40. The highest BCUT2D eigenvalue weighted by molar-refractivity contribution is 7.99. The van der Waals surface area contributed by atoms with Gasteiger partial charge < -0.3 is 15.2 Å². The average molecular weight is 449 g/mol. The van der Waals surface area contributed by atoms with Crippen LogP contribution in [0.4, 0.5) is 10.8 Å². The van der Waals surface area contributed by atoms with Gasteiger partial charge in [-0.25, -0.2) is 4.98 Å². The molecule has 3 heterocycles. The van der Waals surface area contributed by atoms with Gasteiger partial charge in [-0.2, -0.15) is 0 Å². The number of anilines is 2. The van der Waals surface area contributed by atoms with E-state index in [1.54, 1.807) is 16.7 Å². The van der Waals surface area contributed by atoms with E-state index in [0.29, 0.717) is 11.7 Å². The van der Waals surface area contributed by atoms with Crippen molar-refractivity contribution >= 4 is 56.6 Å². The number of thiazole rings is 1. The van der Waals surface area contributed by atoms with Gasteiger partial charge in [-0.05, 0) is 18.2 Å². The van der Waals surface area contributed by atoms with Crippen LogP contribution >= 0.6 is 23.1 Å². The molecule has 0 aliphatic carbocycles. The number of hydrogen-bond acceptors (Lipinski definition) is 5. The van der Waals surface area contributed by atoms with Crippen molar-refractivity contribution in [2.75, 3.05) is 22.5 Å². The minimum absolute atomic E-state index is 0.0264. The number of carbonyl (C=O) groups is 2. The van der Waals surface area contributed by atoms with Crippen LogP contribution in [-0.4, -0.2) is 34.1 Å². The summed E-state index contributed by atoms with van der Waals surface area (Å²) in [4.78, 5) is 35.8. The van der Waals surface area contributed by atoms with Crippen LogP contribution in [0, 0.1) is 0 Å². The highest BCUT2D eigenvalue weighted by Gasteiger charge is 2.23. The first-order valence-corrected chi connectivity index (χ1v) is 11.9. The van der Waals surface area contributed by atoms with Crippen LogP contribution in [0.5, 0.6) is 0 Å². The van der Waals surface area contributed by atoms with Crippen LogP contribution in [0.15, 0.2) is 65.0 Å². The Labute approximate surface area is 187 Å². The summed E-state index contributed by atoms with van der Waals surface area (Å²) in [6.07, 6.45) is 2.23. The minimum Gasteiger partial charge on any atom is -0.360 e. The zero-order valence-electron chi connectivity index (χ0n) is 16.6. The monoisotopic (exact) mass is 448 g/mol. The fourth-order valence-electron chi connectivity index (χ4n) is 3.70. The second kappa shape index (κ2) is 8.56. The fourth-order valence-corrected chi connectivity index (χ4v) is 5.43. The molecule has 8 heteroatoms. The van der Waals surface area contributed by atoms with E-state index in [-0.39, 0.29) is 24.7 Å². The summed E-state index contributed by atoms with van der Waals surface area (Å²) in [5.74, 6) is 0.638. The molecule has 0 fully saturated rings. The quantitative estimate of drug-likeness (QED) is 0.443. The van der Waals surface area contributed by atoms with E-state index in [0.717, 1.165) is 38.5 Å². The van der Waals surface area contributed by atoms with Gasteiger partial charge in [0.25, 0.3) is 0 Å². The van der Waals surface area contributed by atoms with Gasteiger partial charge in [0.05, 0.1) is 11.4 Å². The van der Waals surface area contributed by atoms with E-state index in [2.05, 4.69) is 15.3 Å². The molecule has 31 heavy (non-hydrogen) atoms. The van der Waals surface area contributed by atoms with Gasteiger partial charge in [-0.1, -0.05) is 30.3 Å². The Balaban J connectivity index is 1.21. The van der Waals surface area contributed by atoms with Gasteiger partial charge in [0.1, 0.15) is 0 Å². The van der Waals surface area contributed by atoms with E-state index < -0.39 is 0 Å². The Morgan fingerprint density at radius 2 is 1.94 bits per heavy atom. The topological polar surface area (TPSA) is 78.1 Å². The van der Waals surface area contributed by atoms with Crippen molar-refractivity contribution in [1.29, 1.82) is 0 Å². The van der Waals surface area contributed by atoms with E-state index >= 15 is 0 Å². The first-order valence-electron chi connectivity index (χ1n) is 10.0. The predicted octanol–water partition coefficient (Wildman–Crippen LogP) is 5.15. The smallest absolute Gasteiger partial charge is 0.227 e. The number of thioether (sulfide) groups is 1. The number of para-hydroxylation sites is 2. The number of aromatic amines is 1. The average Bonchev–Trinajstić information content (AvgIpc) is 3.44. The van der Waals surface area contributed by atoms with Crippen molar-refractivity contribution in [3.63, 3.8) is 0 Å². The van der Waals surface area contributed by atoms with Crippen molar-refractivity contribution in [1.82, 2.24) is 9.97 Å². The zero-order valence-corrected chi connectivity index (χ0v) is 18.3. The molecule has 0 atom stereocenters. The molecule has 0 unspecified atom stereocenters. The molecule has 6 nitrogen and oxygen atoms in total. The lowest BCUT2D eigenvalue weighted by Crippen LogP contribution is -2.35. The predicted molar refractivity (Wildman–Crippen MR) is 127 cm³/mol. The van der Waals surface area contributed by atoms with Crippen LogP contribution in [0.1, 0.15) is 12.8 Å². The SMILES string of the molecule is O=C(CCC(=O)N1CCSc2ccccc21)Nc1nc(-c2c[nH]c3ccccc23)cs1. The number of nitrogens with zero attached hydrogens (tertiary/aromatic N) is 2. The normalized spacial score (nSPS) is 13.2. The molecule has 2 aromatic heterocycles. The third-order valence-electron chi connectivity index (χ3n) is 5.21. The Morgan fingerprint density at radius 3 is 2.87 bits per heavy atom. The number of benzene rings is 2. The Bertz CT molecular complexity index is 1260. The number of H-pyrrole nitrogens is 1. The van der Waals surface area contributed by atoms with Crippen LogP contribution < -0.4 is 10.2 Å². The summed E-state index contributed by atoms with van der Waals surface area (Å²) in [7, 11) is 0. The van der Waals surface area contributed by atoms with Crippen LogP contribution in [-0.2, 0) is 9.59 Å². The summed E-state index contributed by atoms with van der Waals surface area (Å²) in [6, 6.07) is 15.9. The first-order chi connectivity index (χ1) is 15.2. The Morgan fingerprint density at radius 1 is 1.10 bits per heavy atom. The maximum atomic E-state index is 12.7. The van der Waals surface area contributed by atoms with E-state index in [9.17, 15) is 9.59 Å². The number of nitrogens with one attached hydrogen (secondary N) is 2. The van der Waals surface area contributed by atoms with Gasteiger partial charge in [-0.15, -0.1) is 23.1 Å². The molecule has 0 saturated carbocycles. The van der Waals surface area contributed by atoms with Gasteiger partial charge in [0, 0.05) is 58.1 Å². The van der Waals surface area contributed by atoms with Gasteiger partial charge in [0.2, 0.25) is 11.8 Å². The highest BCUT2D eigenvalue weighted by Crippen LogP contribution is 2.35. The Hall–Kier alpha value is -3.10. The molecule has 5 rings (SSSR count). The Kier molecular flexibility index (Phi) is 5.48. The lowest BCUT2D eigenvalue weighted by molar-refractivity contribution is -0.122. The van der Waals surface area contributed by atoms with E-state index in [1.165, 1.54) is 11.3 Å². The summed E-state index contributed by atoms with van der Waals surface area (Å²) in [5.41, 5.74) is 3.81. The van der Waals surface area contributed by atoms with Crippen LogP contribution in [0.25, 0.3) is 22.2 Å². The molecule has 0 spiro atoms. The molecule has 1 aliphatic heterocycles. The van der Waals surface area contributed by atoms with Crippen molar-refractivity contribution in [2.45, 2.75) is 17.7 Å². The number of aromatic nitrogens is 2. The third-order valence-corrected chi connectivity index (χ3v) is 7.01. The van der Waals surface area contributed by atoms with Crippen molar-refractivity contribution < 1.29 is 9.59 Å². The molecule has 156 valence electrons. The third kappa shape index (κ3) is 4.08. The lowest BCUT2D eigenvalue weighted by atomic mass is 10.1. The maximum Gasteiger partial charge on any atom is 0.227 e. The minimum atomic E-state index is -0.201. The molecule has 2 aromatic carbocycles. The van der Waals surface area contributed by atoms with E-state index in [4.69, 9.17) is 0 Å². The zero-order chi connectivity index (χ0) is 21.2. The second-order valence-electron chi connectivity index (χ2n) is 7.20. The lowest BCUT2D eigenvalue weighted by Gasteiger charge is -2.28. The largest absolute Gasteiger partial charge is 0.360 e. The van der Waals surface area contributed by atoms with Gasteiger partial charge in [0.15, 0.2) is 5.13 Å². The first kappa shape index (κ1) is 19.8. The number of fused-ring (bicyclic) bond motifs is 2. The van der Waals surface area contributed by atoms with Crippen molar-refractivity contribution in [2.24, 2.45) is 0 Å². The summed E-state index contributed by atoms with van der Waals surface area (Å²) in [6.45, 7) is 0.669. The van der Waals surface area contributed by atoms with E-state index in [1.807, 2.05) is 60.1 Å². The molecule has 0 radical (unpaired) electrons. The summed E-state index contributed by atoms with van der Waals surface area (Å²) < 4.78 is 0. The number of carbonyl (C=O) groups excluding carboxylic acids is 2. The standard InChI is InChI=1S/C23H20N4O2S2/c28-21(9-10-22(29)27-11-12-30-20-8-4-3-7-19(20)27)26-23-25-18(14-31-23)16-13-24-17-6-2-1-5-15(16)17/h1-8,13-14,24H,9-12H2,(H,25,26,28). The number of rotatable bonds is 5. The molecule has 1 aliphatic rings. The van der Waals surface area contributed by atoms with Crippen LogP contribution in [0.3, 0.4) is 0 Å². The number of amides is 2. The summed E-state index contributed by atoms with van der Waals surface area (Å²) >= 11 is 3.14. The van der Waals surface area contributed by atoms with Gasteiger partial charge in [-0.3, -0.25) is 9.59 Å². The highest BCUT2D eigenvalue weighted by atomic mass is 32.2. The van der Waals surface area contributed by atoms with Gasteiger partial charge >= 0.3 is 0 Å². The molecule has 0 bridgehead atoms. The maximum absolute atomic E-state index is 12.7. The van der Waals surface area contributed by atoms with Crippen LogP contribution in [0.2, 0.25) is 0 Å². The number of hydrogen-bond donors (Lipinski definition) is 2. The molecule has 2 N–H and O–H groups in total. The molecule has 2 amide bonds. The van der Waals surface area contributed by atoms with Crippen molar-refractivity contribution in [3.8, 4) is 11.3 Å². The molecule has 0 saturated heterocycles. The van der Waals surface area contributed by atoms with Crippen molar-refractivity contribution in [3.05, 3.63) is 60.1 Å².